The van der Waals surface area contributed by atoms with Gasteiger partial charge in [0.05, 0.1) is 12.4 Å². The fourth-order valence-electron chi connectivity index (χ4n) is 2.08. The molecule has 0 aliphatic carbocycles. The van der Waals surface area contributed by atoms with Gasteiger partial charge in [-0.05, 0) is 31.0 Å². The van der Waals surface area contributed by atoms with Crippen molar-refractivity contribution in [2.45, 2.75) is 23.8 Å². The first kappa shape index (κ1) is 13.6. The van der Waals surface area contributed by atoms with Gasteiger partial charge in [-0.15, -0.1) is 22.0 Å². The van der Waals surface area contributed by atoms with Crippen molar-refractivity contribution >= 4 is 11.8 Å². The third-order valence-corrected chi connectivity index (χ3v) is 4.36. The molecule has 1 aromatic heterocycles. The fourth-order valence-corrected chi connectivity index (χ4v) is 3.10. The molecule has 0 bridgehead atoms. The van der Waals surface area contributed by atoms with Crippen molar-refractivity contribution in [1.82, 2.24) is 10.2 Å². The van der Waals surface area contributed by atoms with Crippen molar-refractivity contribution in [3.63, 3.8) is 0 Å². The Morgan fingerprint density at radius 1 is 1.35 bits per heavy atom. The van der Waals surface area contributed by atoms with Crippen molar-refractivity contribution in [3.8, 4) is 11.5 Å². The molecule has 1 aromatic carbocycles. The van der Waals surface area contributed by atoms with Gasteiger partial charge >= 0.3 is 0 Å². The highest BCUT2D eigenvalue weighted by atomic mass is 32.2. The van der Waals surface area contributed by atoms with E-state index in [1.807, 2.05) is 0 Å². The van der Waals surface area contributed by atoms with Crippen molar-refractivity contribution in [2.75, 3.05) is 13.2 Å². The van der Waals surface area contributed by atoms with E-state index in [4.69, 9.17) is 9.15 Å². The van der Waals surface area contributed by atoms with Gasteiger partial charge in [0.2, 0.25) is 11.8 Å². The van der Waals surface area contributed by atoms with Crippen LogP contribution >= 0.6 is 11.8 Å². The molecule has 1 aliphatic rings. The zero-order valence-corrected chi connectivity index (χ0v) is 11.7. The van der Waals surface area contributed by atoms with Crippen LogP contribution in [0, 0.1) is 5.82 Å². The predicted octanol–water partition coefficient (Wildman–Crippen LogP) is 3.29. The van der Waals surface area contributed by atoms with Crippen LogP contribution in [0.15, 0.2) is 28.7 Å². The Morgan fingerprint density at radius 3 is 3.10 bits per heavy atom. The molecule has 0 radical (unpaired) electrons. The number of halogens is 1. The summed E-state index contributed by atoms with van der Waals surface area (Å²) in [5.74, 6) is 1.28. The number of benzene rings is 1. The minimum absolute atomic E-state index is 0.309. The van der Waals surface area contributed by atoms with Gasteiger partial charge in [-0.2, -0.15) is 0 Å². The van der Waals surface area contributed by atoms with Crippen LogP contribution in [0.25, 0.3) is 11.5 Å². The number of ether oxygens (including phenoxy) is 1. The summed E-state index contributed by atoms with van der Waals surface area (Å²) in [5, 5.41) is 8.46. The molecule has 0 amide bonds. The van der Waals surface area contributed by atoms with Crippen LogP contribution in [0.4, 0.5) is 4.39 Å². The van der Waals surface area contributed by atoms with Crippen LogP contribution in [0.5, 0.6) is 0 Å². The lowest BCUT2D eigenvalue weighted by Gasteiger charge is -2.20. The second-order valence-corrected chi connectivity index (χ2v) is 5.95. The van der Waals surface area contributed by atoms with Crippen LogP contribution in [0.2, 0.25) is 0 Å². The van der Waals surface area contributed by atoms with Crippen LogP contribution in [-0.2, 0) is 10.5 Å². The monoisotopic (exact) mass is 294 g/mol. The van der Waals surface area contributed by atoms with Gasteiger partial charge in [0.1, 0.15) is 5.82 Å². The molecule has 1 fully saturated rings. The van der Waals surface area contributed by atoms with Gasteiger partial charge < -0.3 is 9.15 Å². The SMILES string of the molecule is Fc1cccc(-c2nnc(CS[C@H]3CCCOC3)o2)c1. The Kier molecular flexibility index (Phi) is 4.32. The highest BCUT2D eigenvalue weighted by molar-refractivity contribution is 7.99. The normalized spacial score (nSPS) is 19.1. The van der Waals surface area contributed by atoms with E-state index in [1.165, 1.54) is 12.1 Å². The molecular weight excluding hydrogens is 279 g/mol. The molecule has 3 rings (SSSR count). The predicted molar refractivity (Wildman–Crippen MR) is 74.8 cm³/mol. The van der Waals surface area contributed by atoms with Crippen LogP contribution < -0.4 is 0 Å². The molecule has 1 atom stereocenters. The van der Waals surface area contributed by atoms with Gasteiger partial charge in [0.25, 0.3) is 0 Å². The van der Waals surface area contributed by atoms with E-state index in [0.29, 0.717) is 28.3 Å². The molecule has 2 aromatic rings. The molecule has 2 heterocycles. The van der Waals surface area contributed by atoms with E-state index in [-0.39, 0.29) is 5.82 Å². The Hall–Kier alpha value is -1.40. The van der Waals surface area contributed by atoms with E-state index in [1.54, 1.807) is 23.9 Å². The van der Waals surface area contributed by atoms with Crippen LogP contribution in [-0.4, -0.2) is 28.7 Å². The maximum absolute atomic E-state index is 13.1. The van der Waals surface area contributed by atoms with Crippen LogP contribution in [0.1, 0.15) is 18.7 Å². The van der Waals surface area contributed by atoms with Gasteiger partial charge in [-0.1, -0.05) is 6.07 Å². The summed E-state index contributed by atoms with van der Waals surface area (Å²) < 4.78 is 24.1. The smallest absolute Gasteiger partial charge is 0.247 e. The number of nitrogens with zero attached hydrogens (tertiary/aromatic N) is 2. The molecule has 1 aliphatic heterocycles. The zero-order chi connectivity index (χ0) is 13.8. The van der Waals surface area contributed by atoms with E-state index >= 15 is 0 Å². The standard InChI is InChI=1S/C14H15FN2O2S/c15-11-4-1-3-10(7-11)14-17-16-13(19-14)9-20-12-5-2-6-18-8-12/h1,3-4,7,12H,2,5-6,8-9H2/t12-/m0/s1. The summed E-state index contributed by atoms with van der Waals surface area (Å²) >= 11 is 1.77. The number of aromatic nitrogens is 2. The van der Waals surface area contributed by atoms with E-state index in [0.717, 1.165) is 26.1 Å². The molecule has 0 spiro atoms. The number of hydrogen-bond donors (Lipinski definition) is 0. The largest absolute Gasteiger partial charge is 0.420 e. The van der Waals surface area contributed by atoms with Crippen molar-refractivity contribution in [1.29, 1.82) is 0 Å². The average Bonchev–Trinajstić information content (AvgIpc) is 2.95. The minimum atomic E-state index is -0.309. The van der Waals surface area contributed by atoms with Crippen LogP contribution in [0.3, 0.4) is 0 Å². The quantitative estimate of drug-likeness (QED) is 0.866. The Labute approximate surface area is 120 Å². The lowest BCUT2D eigenvalue weighted by molar-refractivity contribution is 0.101. The van der Waals surface area contributed by atoms with E-state index in [2.05, 4.69) is 10.2 Å². The van der Waals surface area contributed by atoms with E-state index < -0.39 is 0 Å². The molecule has 20 heavy (non-hydrogen) atoms. The third kappa shape index (κ3) is 3.37. The summed E-state index contributed by atoms with van der Waals surface area (Å²) in [6, 6.07) is 6.16. The minimum Gasteiger partial charge on any atom is -0.420 e. The molecule has 4 nitrogen and oxygen atoms in total. The first-order chi connectivity index (χ1) is 9.81. The zero-order valence-electron chi connectivity index (χ0n) is 10.9. The Balaban J connectivity index is 1.61. The molecule has 0 N–H and O–H groups in total. The summed E-state index contributed by atoms with van der Waals surface area (Å²) in [5.41, 5.74) is 0.606. The maximum Gasteiger partial charge on any atom is 0.247 e. The lowest BCUT2D eigenvalue weighted by Crippen LogP contribution is -2.19. The maximum atomic E-state index is 13.1. The van der Waals surface area contributed by atoms with Crippen molar-refractivity contribution in [3.05, 3.63) is 36.0 Å². The number of rotatable bonds is 4. The topological polar surface area (TPSA) is 48.2 Å². The second kappa shape index (κ2) is 6.37. The number of thioether (sulfide) groups is 1. The average molecular weight is 294 g/mol. The van der Waals surface area contributed by atoms with Gasteiger partial charge in [0, 0.05) is 17.4 Å². The fraction of sp³-hybridized carbons (Fsp3) is 0.429. The molecule has 0 unspecified atom stereocenters. The first-order valence-corrected chi connectivity index (χ1v) is 7.64. The van der Waals surface area contributed by atoms with Gasteiger partial charge in [0.15, 0.2) is 0 Å². The van der Waals surface area contributed by atoms with Gasteiger partial charge in [-0.3, -0.25) is 0 Å². The first-order valence-electron chi connectivity index (χ1n) is 6.59. The summed E-state index contributed by atoms with van der Waals surface area (Å²) in [6.45, 7) is 1.65. The highest BCUT2D eigenvalue weighted by Crippen LogP contribution is 2.25. The lowest BCUT2D eigenvalue weighted by atomic mass is 10.2. The Morgan fingerprint density at radius 2 is 2.30 bits per heavy atom. The van der Waals surface area contributed by atoms with Crippen molar-refractivity contribution < 1.29 is 13.5 Å². The molecular formula is C14H15FN2O2S. The third-order valence-electron chi connectivity index (χ3n) is 3.10. The Bertz CT molecular complexity index is 570. The second-order valence-electron chi connectivity index (χ2n) is 4.66. The summed E-state index contributed by atoms with van der Waals surface area (Å²) in [7, 11) is 0. The number of hydrogen-bond acceptors (Lipinski definition) is 5. The summed E-state index contributed by atoms with van der Waals surface area (Å²) in [4.78, 5) is 0. The molecule has 1 saturated heterocycles. The highest BCUT2D eigenvalue weighted by Gasteiger charge is 2.16. The van der Waals surface area contributed by atoms with Gasteiger partial charge in [-0.25, -0.2) is 4.39 Å². The van der Waals surface area contributed by atoms with E-state index in [9.17, 15) is 4.39 Å². The molecule has 106 valence electrons. The molecule has 6 heteroatoms. The molecule has 0 saturated carbocycles. The van der Waals surface area contributed by atoms with Crippen molar-refractivity contribution in [2.24, 2.45) is 0 Å². The summed E-state index contributed by atoms with van der Waals surface area (Å²) in [6.07, 6.45) is 2.27.